The molecule has 4 heteroatoms. The molecule has 4 nitrogen and oxygen atoms in total. The molecule has 2 aromatic heterocycles. The highest BCUT2D eigenvalue weighted by atomic mass is 15.2. The second-order valence-corrected chi connectivity index (χ2v) is 6.17. The van der Waals surface area contributed by atoms with Gasteiger partial charge in [0.25, 0.3) is 0 Å². The van der Waals surface area contributed by atoms with Crippen LogP contribution in [0.3, 0.4) is 0 Å². The van der Waals surface area contributed by atoms with Crippen molar-refractivity contribution in [3.8, 4) is 0 Å². The summed E-state index contributed by atoms with van der Waals surface area (Å²) in [5.74, 6) is 0. The van der Waals surface area contributed by atoms with Crippen LogP contribution in [0.4, 0.5) is 0 Å². The van der Waals surface area contributed by atoms with Gasteiger partial charge in [-0.15, -0.1) is 0 Å². The van der Waals surface area contributed by atoms with Crippen molar-refractivity contribution in [1.82, 2.24) is 19.9 Å². The highest BCUT2D eigenvalue weighted by Crippen LogP contribution is 2.36. The van der Waals surface area contributed by atoms with Gasteiger partial charge in [-0.2, -0.15) is 5.10 Å². The van der Waals surface area contributed by atoms with Crippen molar-refractivity contribution in [3.63, 3.8) is 0 Å². The maximum atomic E-state index is 4.43. The van der Waals surface area contributed by atoms with E-state index < -0.39 is 0 Å². The standard InChI is InChI=1S/C15H22N4/c1-12-7-14-17-9-13(10-19(14)18-12)8-16-11-15(2)5-3-4-6-15/h7,9-10,16H,3-6,8,11H2,1-2H3. The fourth-order valence-corrected chi connectivity index (χ4v) is 3.04. The van der Waals surface area contributed by atoms with Gasteiger partial charge in [-0.05, 0) is 25.2 Å². The summed E-state index contributed by atoms with van der Waals surface area (Å²) in [4.78, 5) is 4.43. The van der Waals surface area contributed by atoms with E-state index in [1.807, 2.05) is 23.7 Å². The Morgan fingerprint density at radius 1 is 1.37 bits per heavy atom. The van der Waals surface area contributed by atoms with E-state index in [-0.39, 0.29) is 0 Å². The first-order chi connectivity index (χ1) is 9.15. The van der Waals surface area contributed by atoms with Crippen molar-refractivity contribution in [1.29, 1.82) is 0 Å². The Kier molecular flexibility index (Phi) is 3.27. The van der Waals surface area contributed by atoms with Gasteiger partial charge in [0.15, 0.2) is 5.65 Å². The number of rotatable bonds is 4. The van der Waals surface area contributed by atoms with Crippen LogP contribution in [0.2, 0.25) is 0 Å². The molecule has 1 saturated carbocycles. The first-order valence-corrected chi connectivity index (χ1v) is 7.16. The molecule has 0 radical (unpaired) electrons. The zero-order valence-electron chi connectivity index (χ0n) is 11.8. The molecule has 1 aliphatic rings. The molecule has 1 N–H and O–H groups in total. The third-order valence-corrected chi connectivity index (χ3v) is 4.18. The highest BCUT2D eigenvalue weighted by Gasteiger charge is 2.27. The Morgan fingerprint density at radius 3 is 2.95 bits per heavy atom. The molecule has 19 heavy (non-hydrogen) atoms. The number of hydrogen-bond acceptors (Lipinski definition) is 3. The number of hydrogen-bond donors (Lipinski definition) is 1. The molecule has 3 rings (SSSR count). The topological polar surface area (TPSA) is 42.2 Å². The third kappa shape index (κ3) is 2.78. The number of nitrogens with one attached hydrogen (secondary N) is 1. The lowest BCUT2D eigenvalue weighted by atomic mass is 9.89. The zero-order valence-corrected chi connectivity index (χ0v) is 11.8. The lowest BCUT2D eigenvalue weighted by Gasteiger charge is -2.23. The minimum Gasteiger partial charge on any atom is -0.312 e. The van der Waals surface area contributed by atoms with Crippen LogP contribution in [0.1, 0.15) is 43.9 Å². The molecule has 0 aliphatic heterocycles. The molecule has 0 saturated heterocycles. The maximum absolute atomic E-state index is 4.43. The zero-order chi connectivity index (χ0) is 13.3. The summed E-state index contributed by atoms with van der Waals surface area (Å²) < 4.78 is 1.86. The molecule has 102 valence electrons. The summed E-state index contributed by atoms with van der Waals surface area (Å²) >= 11 is 0. The van der Waals surface area contributed by atoms with E-state index in [4.69, 9.17) is 0 Å². The maximum Gasteiger partial charge on any atom is 0.155 e. The summed E-state index contributed by atoms with van der Waals surface area (Å²) in [6.45, 7) is 6.36. The van der Waals surface area contributed by atoms with Crippen LogP contribution in [0.25, 0.3) is 5.65 Å². The average molecular weight is 258 g/mol. The van der Waals surface area contributed by atoms with Gasteiger partial charge in [0.1, 0.15) is 0 Å². The van der Waals surface area contributed by atoms with Gasteiger partial charge in [-0.3, -0.25) is 0 Å². The predicted octanol–water partition coefficient (Wildman–Crippen LogP) is 2.71. The van der Waals surface area contributed by atoms with Crippen LogP contribution in [0.5, 0.6) is 0 Å². The van der Waals surface area contributed by atoms with E-state index in [1.54, 1.807) is 0 Å². The van der Waals surface area contributed by atoms with Gasteiger partial charge < -0.3 is 5.32 Å². The second kappa shape index (κ2) is 4.93. The van der Waals surface area contributed by atoms with Crippen molar-refractivity contribution in [3.05, 3.63) is 29.7 Å². The van der Waals surface area contributed by atoms with Crippen LogP contribution in [0, 0.1) is 12.3 Å². The summed E-state index contributed by atoms with van der Waals surface area (Å²) in [5.41, 5.74) is 3.62. The van der Waals surface area contributed by atoms with Crippen molar-refractivity contribution in [2.45, 2.75) is 46.1 Å². The molecule has 0 spiro atoms. The Hall–Kier alpha value is -1.42. The lowest BCUT2D eigenvalue weighted by Crippen LogP contribution is -2.29. The first-order valence-electron chi connectivity index (χ1n) is 7.16. The smallest absolute Gasteiger partial charge is 0.155 e. The van der Waals surface area contributed by atoms with Crippen LogP contribution in [-0.4, -0.2) is 21.1 Å². The van der Waals surface area contributed by atoms with Gasteiger partial charge in [0.05, 0.1) is 5.69 Å². The molecule has 0 amide bonds. The average Bonchev–Trinajstić information content (AvgIpc) is 2.94. The van der Waals surface area contributed by atoms with E-state index >= 15 is 0 Å². The van der Waals surface area contributed by atoms with Crippen LogP contribution >= 0.6 is 0 Å². The Labute approximate surface area is 114 Å². The van der Waals surface area contributed by atoms with Gasteiger partial charge >= 0.3 is 0 Å². The highest BCUT2D eigenvalue weighted by molar-refractivity contribution is 5.38. The monoisotopic (exact) mass is 258 g/mol. The Morgan fingerprint density at radius 2 is 2.16 bits per heavy atom. The van der Waals surface area contributed by atoms with Crippen molar-refractivity contribution < 1.29 is 0 Å². The van der Waals surface area contributed by atoms with Gasteiger partial charge in [-0.25, -0.2) is 9.50 Å². The van der Waals surface area contributed by atoms with E-state index in [1.165, 1.54) is 31.2 Å². The minimum atomic E-state index is 0.500. The van der Waals surface area contributed by atoms with E-state index in [0.29, 0.717) is 5.41 Å². The predicted molar refractivity (Wildman–Crippen MR) is 76.0 cm³/mol. The molecule has 2 aromatic rings. The van der Waals surface area contributed by atoms with E-state index in [0.717, 1.165) is 24.4 Å². The molecule has 1 fully saturated rings. The number of fused-ring (bicyclic) bond motifs is 1. The molecule has 0 aromatic carbocycles. The largest absolute Gasteiger partial charge is 0.312 e. The fourth-order valence-electron chi connectivity index (χ4n) is 3.04. The molecule has 0 atom stereocenters. The molecular weight excluding hydrogens is 236 g/mol. The summed E-state index contributed by atoms with van der Waals surface area (Å²) in [7, 11) is 0. The third-order valence-electron chi connectivity index (χ3n) is 4.18. The van der Waals surface area contributed by atoms with E-state index in [2.05, 4.69) is 28.5 Å². The summed E-state index contributed by atoms with van der Waals surface area (Å²) in [6.07, 6.45) is 9.50. The summed E-state index contributed by atoms with van der Waals surface area (Å²) in [6, 6.07) is 2.00. The van der Waals surface area contributed by atoms with Gasteiger partial charge in [0.2, 0.25) is 0 Å². The van der Waals surface area contributed by atoms with Crippen molar-refractivity contribution >= 4 is 5.65 Å². The molecule has 0 bridgehead atoms. The molecule has 0 unspecified atom stereocenters. The SMILES string of the molecule is Cc1cc2ncc(CNCC3(C)CCCC3)cn2n1. The number of nitrogens with zero attached hydrogens (tertiary/aromatic N) is 3. The Bertz CT molecular complexity index is 567. The molecule has 2 heterocycles. The van der Waals surface area contributed by atoms with Crippen LogP contribution in [0.15, 0.2) is 18.5 Å². The van der Waals surface area contributed by atoms with Crippen LogP contribution in [-0.2, 0) is 6.54 Å². The summed E-state index contributed by atoms with van der Waals surface area (Å²) in [5, 5.41) is 7.97. The number of aryl methyl sites for hydroxylation is 1. The van der Waals surface area contributed by atoms with Gasteiger partial charge in [0, 0.05) is 37.1 Å². The molecule has 1 aliphatic carbocycles. The van der Waals surface area contributed by atoms with Gasteiger partial charge in [-0.1, -0.05) is 19.8 Å². The number of aromatic nitrogens is 3. The Balaban J connectivity index is 1.61. The van der Waals surface area contributed by atoms with Crippen molar-refractivity contribution in [2.75, 3.05) is 6.54 Å². The normalized spacial score (nSPS) is 18.2. The van der Waals surface area contributed by atoms with Crippen molar-refractivity contribution in [2.24, 2.45) is 5.41 Å². The molecular formula is C15H22N4. The fraction of sp³-hybridized carbons (Fsp3) is 0.600. The van der Waals surface area contributed by atoms with E-state index in [9.17, 15) is 0 Å². The second-order valence-electron chi connectivity index (χ2n) is 6.17. The quantitative estimate of drug-likeness (QED) is 0.917. The first kappa shape index (κ1) is 12.6. The lowest BCUT2D eigenvalue weighted by molar-refractivity contribution is 0.314. The van der Waals surface area contributed by atoms with Crippen LogP contribution < -0.4 is 5.32 Å². The minimum absolute atomic E-state index is 0.500.